The molecule has 118 valence electrons. The highest BCUT2D eigenvalue weighted by Crippen LogP contribution is 2.30. The fraction of sp³-hybridized carbons (Fsp3) is 0.500. The van der Waals surface area contributed by atoms with Crippen LogP contribution in [0.3, 0.4) is 0 Å². The van der Waals surface area contributed by atoms with Crippen LogP contribution in [0.4, 0.5) is 0 Å². The molecule has 0 aliphatic carbocycles. The second-order valence-corrected chi connectivity index (χ2v) is 5.79. The number of rotatable bonds is 2. The topological polar surface area (TPSA) is 71.4 Å². The maximum atomic E-state index is 12.8. The molecule has 3 rings (SSSR count). The lowest BCUT2D eigenvalue weighted by molar-refractivity contribution is -0.00462. The molecule has 6 heteroatoms. The molecule has 1 saturated heterocycles. The van der Waals surface area contributed by atoms with Gasteiger partial charge in [-0.1, -0.05) is 0 Å². The molecule has 0 spiro atoms. The molecule has 1 fully saturated rings. The standard InChI is InChI=1S/C16H21N3O3/c1-9-7-14(22-12(9)4)16(20)19-5-6-21-8-13(19)15-10(2)17-18-11(15)3/h7,13H,5-6,8H2,1-4H3,(H,17,18)/t13-/m0/s1. The summed E-state index contributed by atoms with van der Waals surface area (Å²) in [5.41, 5.74) is 3.90. The van der Waals surface area contributed by atoms with E-state index in [9.17, 15) is 4.79 Å². The van der Waals surface area contributed by atoms with E-state index in [1.807, 2.05) is 32.6 Å². The van der Waals surface area contributed by atoms with E-state index in [-0.39, 0.29) is 11.9 Å². The number of amides is 1. The van der Waals surface area contributed by atoms with Crippen LogP contribution in [-0.2, 0) is 4.74 Å². The average molecular weight is 303 g/mol. The summed E-state index contributed by atoms with van der Waals surface area (Å²) in [6.45, 7) is 9.28. The van der Waals surface area contributed by atoms with Gasteiger partial charge in [-0.25, -0.2) is 0 Å². The Balaban J connectivity index is 1.94. The van der Waals surface area contributed by atoms with Crippen LogP contribution in [-0.4, -0.2) is 40.8 Å². The summed E-state index contributed by atoms with van der Waals surface area (Å²) in [6.07, 6.45) is 0. The van der Waals surface area contributed by atoms with Gasteiger partial charge in [0.15, 0.2) is 5.76 Å². The Morgan fingerprint density at radius 3 is 2.73 bits per heavy atom. The van der Waals surface area contributed by atoms with Crippen molar-refractivity contribution in [1.82, 2.24) is 15.1 Å². The quantitative estimate of drug-likeness (QED) is 0.925. The third kappa shape index (κ3) is 2.43. The number of H-pyrrole nitrogens is 1. The Morgan fingerprint density at radius 1 is 1.36 bits per heavy atom. The van der Waals surface area contributed by atoms with Gasteiger partial charge in [-0.05, 0) is 39.3 Å². The first-order valence-electron chi connectivity index (χ1n) is 7.46. The number of nitrogens with zero attached hydrogens (tertiary/aromatic N) is 2. The molecule has 6 nitrogen and oxygen atoms in total. The SMILES string of the molecule is Cc1cc(C(=O)N2CCOC[C@H]2c2c(C)n[nH]c2C)oc1C. The van der Waals surface area contributed by atoms with Crippen molar-refractivity contribution in [3.05, 3.63) is 40.1 Å². The summed E-state index contributed by atoms with van der Waals surface area (Å²) < 4.78 is 11.2. The molecule has 3 heterocycles. The number of carbonyl (C=O) groups excluding carboxylic acids is 1. The van der Waals surface area contributed by atoms with Gasteiger partial charge in [0.2, 0.25) is 0 Å². The van der Waals surface area contributed by atoms with Crippen molar-refractivity contribution in [3.63, 3.8) is 0 Å². The lowest BCUT2D eigenvalue weighted by Gasteiger charge is -2.35. The lowest BCUT2D eigenvalue weighted by Crippen LogP contribution is -2.43. The molecule has 2 aromatic rings. The molecular weight excluding hydrogens is 282 g/mol. The molecule has 1 N–H and O–H groups in total. The van der Waals surface area contributed by atoms with E-state index in [1.54, 1.807) is 6.07 Å². The van der Waals surface area contributed by atoms with Crippen molar-refractivity contribution in [2.75, 3.05) is 19.8 Å². The van der Waals surface area contributed by atoms with Gasteiger partial charge in [0.25, 0.3) is 5.91 Å². The Morgan fingerprint density at radius 2 is 2.14 bits per heavy atom. The van der Waals surface area contributed by atoms with E-state index in [4.69, 9.17) is 9.15 Å². The number of carbonyl (C=O) groups is 1. The third-order valence-corrected chi connectivity index (χ3v) is 4.28. The molecule has 1 aliphatic heterocycles. The highest BCUT2D eigenvalue weighted by molar-refractivity contribution is 5.92. The van der Waals surface area contributed by atoms with E-state index in [0.717, 1.165) is 28.3 Å². The van der Waals surface area contributed by atoms with Gasteiger partial charge in [0.05, 0.1) is 24.9 Å². The molecule has 0 aromatic carbocycles. The zero-order valence-electron chi connectivity index (χ0n) is 13.4. The van der Waals surface area contributed by atoms with E-state index in [1.165, 1.54) is 0 Å². The van der Waals surface area contributed by atoms with Crippen LogP contribution in [0.1, 0.15) is 44.9 Å². The van der Waals surface area contributed by atoms with Crippen LogP contribution in [0.25, 0.3) is 0 Å². The molecule has 22 heavy (non-hydrogen) atoms. The highest BCUT2D eigenvalue weighted by Gasteiger charge is 2.33. The molecule has 2 aromatic heterocycles. The van der Waals surface area contributed by atoms with E-state index in [2.05, 4.69) is 10.2 Å². The van der Waals surface area contributed by atoms with Gasteiger partial charge in [-0.2, -0.15) is 5.10 Å². The molecule has 1 atom stereocenters. The van der Waals surface area contributed by atoms with Gasteiger partial charge in [0.1, 0.15) is 5.76 Å². The first kappa shape index (κ1) is 14.8. The fourth-order valence-corrected chi connectivity index (χ4v) is 2.96. The van der Waals surface area contributed by atoms with Crippen molar-refractivity contribution in [1.29, 1.82) is 0 Å². The van der Waals surface area contributed by atoms with Gasteiger partial charge in [-0.15, -0.1) is 0 Å². The first-order valence-corrected chi connectivity index (χ1v) is 7.46. The summed E-state index contributed by atoms with van der Waals surface area (Å²) in [6, 6.07) is 1.67. The number of ether oxygens (including phenoxy) is 1. The second kappa shape index (κ2) is 5.61. The number of nitrogens with one attached hydrogen (secondary N) is 1. The van der Waals surface area contributed by atoms with E-state index < -0.39 is 0 Å². The van der Waals surface area contributed by atoms with Crippen molar-refractivity contribution >= 4 is 5.91 Å². The number of hydrogen-bond acceptors (Lipinski definition) is 4. The van der Waals surface area contributed by atoms with Crippen molar-refractivity contribution < 1.29 is 13.9 Å². The normalized spacial score (nSPS) is 18.7. The van der Waals surface area contributed by atoms with E-state index in [0.29, 0.717) is 25.5 Å². The predicted octanol–water partition coefficient (Wildman–Crippen LogP) is 2.45. The Labute approximate surface area is 129 Å². The number of aryl methyl sites for hydroxylation is 4. The average Bonchev–Trinajstić information content (AvgIpc) is 3.01. The minimum atomic E-state index is -0.134. The number of aromatic nitrogens is 2. The zero-order valence-corrected chi connectivity index (χ0v) is 13.4. The zero-order chi connectivity index (χ0) is 15.9. The number of morpholine rings is 1. The molecule has 0 unspecified atom stereocenters. The van der Waals surface area contributed by atoms with Crippen LogP contribution >= 0.6 is 0 Å². The van der Waals surface area contributed by atoms with Crippen molar-refractivity contribution in [2.24, 2.45) is 0 Å². The lowest BCUT2D eigenvalue weighted by atomic mass is 10.0. The molecule has 0 radical (unpaired) electrons. The maximum Gasteiger partial charge on any atom is 0.290 e. The van der Waals surface area contributed by atoms with Gasteiger partial charge in [0, 0.05) is 17.8 Å². The van der Waals surface area contributed by atoms with Gasteiger partial charge < -0.3 is 14.1 Å². The first-order chi connectivity index (χ1) is 10.5. The van der Waals surface area contributed by atoms with Crippen LogP contribution in [0.15, 0.2) is 10.5 Å². The third-order valence-electron chi connectivity index (χ3n) is 4.28. The summed E-state index contributed by atoms with van der Waals surface area (Å²) in [5, 5.41) is 7.21. The molecule has 0 bridgehead atoms. The Hall–Kier alpha value is -2.08. The smallest absolute Gasteiger partial charge is 0.290 e. The number of furan rings is 1. The maximum absolute atomic E-state index is 12.8. The molecule has 1 aliphatic rings. The number of hydrogen-bond donors (Lipinski definition) is 1. The summed E-state index contributed by atoms with van der Waals surface area (Å²) in [5.74, 6) is 1.08. The van der Waals surface area contributed by atoms with E-state index >= 15 is 0 Å². The number of aromatic amines is 1. The predicted molar refractivity (Wildman–Crippen MR) is 80.8 cm³/mol. The minimum Gasteiger partial charge on any atom is -0.456 e. The van der Waals surface area contributed by atoms with Crippen LogP contribution in [0, 0.1) is 27.7 Å². The minimum absolute atomic E-state index is 0.0931. The second-order valence-electron chi connectivity index (χ2n) is 5.79. The fourth-order valence-electron chi connectivity index (χ4n) is 2.96. The summed E-state index contributed by atoms with van der Waals surface area (Å²) in [7, 11) is 0. The molecule has 1 amide bonds. The van der Waals surface area contributed by atoms with Gasteiger partial charge >= 0.3 is 0 Å². The van der Waals surface area contributed by atoms with Crippen LogP contribution < -0.4 is 0 Å². The molecular formula is C16H21N3O3. The van der Waals surface area contributed by atoms with Gasteiger partial charge in [-0.3, -0.25) is 9.89 Å². The largest absolute Gasteiger partial charge is 0.456 e. The Bertz CT molecular complexity index is 663. The van der Waals surface area contributed by atoms with Crippen molar-refractivity contribution in [2.45, 2.75) is 33.7 Å². The molecule has 0 saturated carbocycles. The summed E-state index contributed by atoms with van der Waals surface area (Å²) in [4.78, 5) is 14.7. The van der Waals surface area contributed by atoms with Crippen LogP contribution in [0.2, 0.25) is 0 Å². The monoisotopic (exact) mass is 303 g/mol. The van der Waals surface area contributed by atoms with Crippen LogP contribution in [0.5, 0.6) is 0 Å². The Kier molecular flexibility index (Phi) is 3.78. The highest BCUT2D eigenvalue weighted by atomic mass is 16.5. The van der Waals surface area contributed by atoms with Crippen molar-refractivity contribution in [3.8, 4) is 0 Å². The summed E-state index contributed by atoms with van der Waals surface area (Å²) >= 11 is 0.